The smallest absolute Gasteiger partial charge is 0.331 e. The first-order valence-electron chi connectivity index (χ1n) is 9.08. The maximum absolute atomic E-state index is 12.6. The van der Waals surface area contributed by atoms with Crippen LogP contribution in [0.5, 0.6) is 11.5 Å². The summed E-state index contributed by atoms with van der Waals surface area (Å²) in [6, 6.07) is 9.93. The molecule has 3 rings (SSSR count). The van der Waals surface area contributed by atoms with Crippen LogP contribution in [0.15, 0.2) is 54.6 Å². The van der Waals surface area contributed by atoms with Crippen LogP contribution in [0.4, 0.5) is 4.79 Å². The number of nitrogens with zero attached hydrogens (tertiary/aromatic N) is 1. The average Bonchev–Trinajstić information content (AvgIpc) is 2.74. The second-order valence-electron chi connectivity index (χ2n) is 6.47. The maximum Gasteiger partial charge on any atom is 0.331 e. The van der Waals surface area contributed by atoms with Crippen molar-refractivity contribution in [3.8, 4) is 11.5 Å². The molecule has 2 aromatic rings. The lowest BCUT2D eigenvalue weighted by molar-refractivity contribution is -0.129. The third kappa shape index (κ3) is 5.26. The number of hydrogen-bond donors (Lipinski definition) is 1. The Labute approximate surface area is 197 Å². The normalized spacial score (nSPS) is 15.1. The number of rotatable bonds is 7. The molecular formula is C22H18ClIN2O5. The van der Waals surface area contributed by atoms with Crippen molar-refractivity contribution in [2.45, 2.75) is 6.61 Å². The first-order chi connectivity index (χ1) is 14.8. The van der Waals surface area contributed by atoms with Crippen LogP contribution in [0.1, 0.15) is 11.1 Å². The molecule has 0 bridgehead atoms. The topological polar surface area (TPSA) is 84.9 Å². The zero-order valence-corrected chi connectivity index (χ0v) is 19.4. The molecule has 0 unspecified atom stereocenters. The largest absolute Gasteiger partial charge is 0.493 e. The predicted molar refractivity (Wildman–Crippen MR) is 125 cm³/mol. The van der Waals surface area contributed by atoms with E-state index in [1.807, 2.05) is 12.1 Å². The fourth-order valence-corrected chi connectivity index (χ4v) is 3.76. The molecule has 9 heteroatoms. The van der Waals surface area contributed by atoms with E-state index in [0.29, 0.717) is 28.7 Å². The van der Waals surface area contributed by atoms with E-state index in [0.717, 1.165) is 14.0 Å². The first kappa shape index (κ1) is 22.8. The summed E-state index contributed by atoms with van der Waals surface area (Å²) in [4.78, 5) is 37.6. The summed E-state index contributed by atoms with van der Waals surface area (Å²) in [5.74, 6) is -0.475. The van der Waals surface area contributed by atoms with Crippen LogP contribution >= 0.6 is 34.2 Å². The highest BCUT2D eigenvalue weighted by Gasteiger charge is 2.35. The summed E-state index contributed by atoms with van der Waals surface area (Å²) in [5.41, 5.74) is 1.32. The molecule has 1 heterocycles. The Kier molecular flexibility index (Phi) is 7.34. The molecule has 1 aliphatic heterocycles. The van der Waals surface area contributed by atoms with Gasteiger partial charge in [0.25, 0.3) is 11.8 Å². The molecule has 1 fully saturated rings. The average molecular weight is 553 g/mol. The van der Waals surface area contributed by atoms with Gasteiger partial charge in [-0.3, -0.25) is 19.8 Å². The van der Waals surface area contributed by atoms with E-state index in [-0.39, 0.29) is 12.1 Å². The molecule has 1 aliphatic rings. The SMILES string of the molecule is C=CCN1C(=O)NC(=O)/C(=C/c2cc(I)c(OCc3ccc(Cl)cc3)c(OC)c2)C1=O. The molecule has 0 atom stereocenters. The summed E-state index contributed by atoms with van der Waals surface area (Å²) in [5, 5.41) is 2.80. The van der Waals surface area contributed by atoms with Gasteiger partial charge < -0.3 is 9.47 Å². The Hall–Kier alpha value is -2.85. The van der Waals surface area contributed by atoms with Gasteiger partial charge in [-0.1, -0.05) is 29.8 Å². The van der Waals surface area contributed by atoms with E-state index < -0.39 is 17.8 Å². The van der Waals surface area contributed by atoms with Gasteiger partial charge in [-0.05, 0) is 64.1 Å². The van der Waals surface area contributed by atoms with Gasteiger partial charge in [-0.2, -0.15) is 0 Å². The minimum Gasteiger partial charge on any atom is -0.493 e. The number of carbonyl (C=O) groups excluding carboxylic acids is 3. The monoisotopic (exact) mass is 552 g/mol. The van der Waals surface area contributed by atoms with Gasteiger partial charge in [0.1, 0.15) is 12.2 Å². The third-order valence-electron chi connectivity index (χ3n) is 4.36. The van der Waals surface area contributed by atoms with Gasteiger partial charge in [0, 0.05) is 11.6 Å². The minimum atomic E-state index is -0.773. The van der Waals surface area contributed by atoms with Crippen molar-refractivity contribution < 1.29 is 23.9 Å². The number of benzene rings is 2. The van der Waals surface area contributed by atoms with Crippen LogP contribution in [0, 0.1) is 3.57 Å². The fraction of sp³-hybridized carbons (Fsp3) is 0.136. The molecule has 2 aromatic carbocycles. The first-order valence-corrected chi connectivity index (χ1v) is 10.5. The number of barbiturate groups is 1. The Morgan fingerprint density at radius 3 is 2.55 bits per heavy atom. The summed E-state index contributed by atoms with van der Waals surface area (Å²) in [7, 11) is 1.50. The van der Waals surface area contributed by atoms with Gasteiger partial charge in [0.15, 0.2) is 11.5 Å². The van der Waals surface area contributed by atoms with E-state index in [1.165, 1.54) is 19.3 Å². The summed E-state index contributed by atoms with van der Waals surface area (Å²) < 4.78 is 12.1. The molecule has 4 amide bonds. The van der Waals surface area contributed by atoms with E-state index in [2.05, 4.69) is 34.5 Å². The Balaban J connectivity index is 1.88. The van der Waals surface area contributed by atoms with Crippen molar-refractivity contribution in [2.24, 2.45) is 0 Å². The number of urea groups is 1. The summed E-state index contributed by atoms with van der Waals surface area (Å²) in [6.45, 7) is 3.83. The van der Waals surface area contributed by atoms with Crippen molar-refractivity contribution >= 4 is 58.1 Å². The quantitative estimate of drug-likeness (QED) is 0.241. The van der Waals surface area contributed by atoms with Gasteiger partial charge in [-0.25, -0.2) is 4.79 Å². The van der Waals surface area contributed by atoms with Crippen molar-refractivity contribution in [2.75, 3.05) is 13.7 Å². The Morgan fingerprint density at radius 2 is 1.90 bits per heavy atom. The predicted octanol–water partition coefficient (Wildman–Crippen LogP) is 4.18. The number of amides is 4. The second-order valence-corrected chi connectivity index (χ2v) is 8.07. The molecule has 1 N–H and O–H groups in total. The van der Waals surface area contributed by atoms with Crippen LogP contribution in [0.3, 0.4) is 0 Å². The van der Waals surface area contributed by atoms with Crippen molar-refractivity contribution in [3.05, 3.63) is 74.3 Å². The van der Waals surface area contributed by atoms with Crippen molar-refractivity contribution in [1.29, 1.82) is 0 Å². The molecule has 0 spiro atoms. The molecule has 0 radical (unpaired) electrons. The molecule has 1 saturated heterocycles. The standard InChI is InChI=1S/C22H18ClIN2O5/c1-3-8-26-21(28)16(20(27)25-22(26)29)9-14-10-17(24)19(18(11-14)30-2)31-12-13-4-6-15(23)7-5-13/h3-7,9-11H,1,8,12H2,2H3,(H,25,27,29)/b16-9-. The number of nitrogens with one attached hydrogen (secondary N) is 1. The van der Waals surface area contributed by atoms with Gasteiger partial charge in [0.2, 0.25) is 0 Å². The van der Waals surface area contributed by atoms with Crippen molar-refractivity contribution in [3.63, 3.8) is 0 Å². The Morgan fingerprint density at radius 1 is 1.19 bits per heavy atom. The highest BCUT2D eigenvalue weighted by atomic mass is 127. The van der Waals surface area contributed by atoms with Gasteiger partial charge in [-0.15, -0.1) is 6.58 Å². The molecule has 31 heavy (non-hydrogen) atoms. The third-order valence-corrected chi connectivity index (χ3v) is 5.41. The van der Waals surface area contributed by atoms with Crippen LogP contribution in [0.2, 0.25) is 5.02 Å². The molecule has 0 saturated carbocycles. The number of ether oxygens (including phenoxy) is 2. The zero-order valence-electron chi connectivity index (χ0n) is 16.5. The number of halogens is 2. The molecular weight excluding hydrogens is 535 g/mol. The highest BCUT2D eigenvalue weighted by Crippen LogP contribution is 2.35. The molecule has 7 nitrogen and oxygen atoms in total. The summed E-state index contributed by atoms with van der Waals surface area (Å²) >= 11 is 8.00. The number of hydrogen-bond acceptors (Lipinski definition) is 5. The van der Waals surface area contributed by atoms with E-state index in [9.17, 15) is 14.4 Å². The highest BCUT2D eigenvalue weighted by molar-refractivity contribution is 14.1. The van der Waals surface area contributed by atoms with Crippen LogP contribution in [0.25, 0.3) is 6.08 Å². The molecule has 0 aromatic heterocycles. The number of imide groups is 2. The fourth-order valence-electron chi connectivity index (χ4n) is 2.85. The number of methoxy groups -OCH3 is 1. The van der Waals surface area contributed by atoms with Crippen molar-refractivity contribution in [1.82, 2.24) is 10.2 Å². The lowest BCUT2D eigenvalue weighted by atomic mass is 10.1. The maximum atomic E-state index is 12.6. The van der Waals surface area contributed by atoms with E-state index >= 15 is 0 Å². The van der Waals surface area contributed by atoms with Crippen LogP contribution in [-0.4, -0.2) is 36.4 Å². The lowest BCUT2D eigenvalue weighted by Crippen LogP contribution is -2.54. The lowest BCUT2D eigenvalue weighted by Gasteiger charge is -2.25. The van der Waals surface area contributed by atoms with E-state index in [1.54, 1.807) is 24.3 Å². The molecule has 0 aliphatic carbocycles. The molecule has 160 valence electrons. The number of carbonyl (C=O) groups is 3. The van der Waals surface area contributed by atoms with Crippen LogP contribution < -0.4 is 14.8 Å². The van der Waals surface area contributed by atoms with Gasteiger partial charge in [0.05, 0.1) is 10.7 Å². The van der Waals surface area contributed by atoms with Crippen LogP contribution in [-0.2, 0) is 16.2 Å². The second kappa shape index (κ2) is 9.97. The summed E-state index contributed by atoms with van der Waals surface area (Å²) in [6.07, 6.45) is 2.82. The van der Waals surface area contributed by atoms with Gasteiger partial charge >= 0.3 is 6.03 Å². The minimum absolute atomic E-state index is 0.00633. The zero-order chi connectivity index (χ0) is 22.5. The Bertz CT molecular complexity index is 1080. The van der Waals surface area contributed by atoms with E-state index in [4.69, 9.17) is 21.1 Å².